The fraction of sp³-hybridized carbons (Fsp3) is 1.00. The third kappa shape index (κ3) is 0.585. The minimum Gasteiger partial charge on any atom is -0.314 e. The number of rotatable bonds is 3. The van der Waals surface area contributed by atoms with Crippen molar-refractivity contribution in [3.05, 3.63) is 0 Å². The standard InChI is InChI=1S/C11H19N/c1-3-11-6-7-5-8(11)9(11)10(7)12-4-2/h7-10,12H,3-6H2,1-2H3/t7-,8+,9+,10+,11+/m0/s1. The van der Waals surface area contributed by atoms with E-state index in [2.05, 4.69) is 19.2 Å². The molecule has 68 valence electrons. The molecule has 4 aliphatic carbocycles. The van der Waals surface area contributed by atoms with Gasteiger partial charge in [0.2, 0.25) is 0 Å². The lowest BCUT2D eigenvalue weighted by molar-refractivity contribution is 0.430. The second-order valence-electron chi connectivity index (χ2n) is 5.00. The topological polar surface area (TPSA) is 12.0 Å². The zero-order valence-corrected chi connectivity index (χ0v) is 8.14. The van der Waals surface area contributed by atoms with Gasteiger partial charge in [0.05, 0.1) is 0 Å². The molecule has 4 rings (SSSR count). The quantitative estimate of drug-likeness (QED) is 0.674. The first-order valence-electron chi connectivity index (χ1n) is 5.57. The van der Waals surface area contributed by atoms with Gasteiger partial charge < -0.3 is 5.32 Å². The molecule has 0 unspecified atom stereocenters. The summed E-state index contributed by atoms with van der Waals surface area (Å²) < 4.78 is 0. The summed E-state index contributed by atoms with van der Waals surface area (Å²) in [4.78, 5) is 0. The molecule has 0 saturated heterocycles. The van der Waals surface area contributed by atoms with Crippen molar-refractivity contribution in [1.29, 1.82) is 0 Å². The van der Waals surface area contributed by atoms with Crippen LogP contribution < -0.4 is 5.32 Å². The fourth-order valence-electron chi connectivity index (χ4n) is 4.52. The molecule has 0 aromatic rings. The highest BCUT2D eigenvalue weighted by atomic mass is 15.0. The van der Waals surface area contributed by atoms with Gasteiger partial charge in [-0.2, -0.15) is 0 Å². The van der Waals surface area contributed by atoms with Gasteiger partial charge in [0.1, 0.15) is 0 Å². The predicted molar refractivity (Wildman–Crippen MR) is 49.9 cm³/mol. The first-order valence-corrected chi connectivity index (χ1v) is 5.57. The van der Waals surface area contributed by atoms with Crippen molar-refractivity contribution in [1.82, 2.24) is 5.32 Å². The molecule has 0 radical (unpaired) electrons. The Bertz CT molecular complexity index is 213. The van der Waals surface area contributed by atoms with E-state index in [0.717, 1.165) is 29.2 Å². The molecule has 0 aliphatic heterocycles. The van der Waals surface area contributed by atoms with Crippen LogP contribution in [0.4, 0.5) is 0 Å². The average molecular weight is 165 g/mol. The van der Waals surface area contributed by atoms with Crippen molar-refractivity contribution in [2.75, 3.05) is 6.54 Å². The molecule has 4 saturated carbocycles. The first kappa shape index (κ1) is 7.37. The summed E-state index contributed by atoms with van der Waals surface area (Å²) in [5, 5.41) is 3.69. The van der Waals surface area contributed by atoms with Gasteiger partial charge in [-0.15, -0.1) is 0 Å². The molecule has 1 nitrogen and oxygen atoms in total. The zero-order valence-electron chi connectivity index (χ0n) is 8.14. The maximum Gasteiger partial charge on any atom is 0.0132 e. The van der Waals surface area contributed by atoms with Crippen LogP contribution in [0.2, 0.25) is 0 Å². The van der Waals surface area contributed by atoms with Gasteiger partial charge >= 0.3 is 0 Å². The minimum atomic E-state index is 0.845. The molecule has 5 atom stereocenters. The number of hydrogen-bond acceptors (Lipinski definition) is 1. The summed E-state index contributed by atoms with van der Waals surface area (Å²) in [6.07, 6.45) is 4.55. The second kappa shape index (κ2) is 2.06. The molecule has 0 spiro atoms. The van der Waals surface area contributed by atoms with Crippen LogP contribution in [0.3, 0.4) is 0 Å². The third-order valence-electron chi connectivity index (χ3n) is 4.92. The van der Waals surface area contributed by atoms with Crippen molar-refractivity contribution in [2.45, 2.75) is 39.2 Å². The Morgan fingerprint density at radius 2 is 2.25 bits per heavy atom. The largest absolute Gasteiger partial charge is 0.314 e. The van der Waals surface area contributed by atoms with Crippen LogP contribution >= 0.6 is 0 Å². The van der Waals surface area contributed by atoms with Gasteiger partial charge in [0, 0.05) is 6.04 Å². The van der Waals surface area contributed by atoms with Crippen LogP contribution in [-0.2, 0) is 0 Å². The van der Waals surface area contributed by atoms with Crippen LogP contribution in [0, 0.1) is 23.2 Å². The Morgan fingerprint density at radius 1 is 1.42 bits per heavy atom. The second-order valence-corrected chi connectivity index (χ2v) is 5.00. The van der Waals surface area contributed by atoms with Gasteiger partial charge in [0.15, 0.2) is 0 Å². The molecule has 4 fully saturated rings. The van der Waals surface area contributed by atoms with E-state index in [1.165, 1.54) is 13.0 Å². The Kier molecular flexibility index (Phi) is 1.27. The maximum absolute atomic E-state index is 3.69. The predicted octanol–water partition coefficient (Wildman–Crippen LogP) is 2.03. The van der Waals surface area contributed by atoms with Gasteiger partial charge in [-0.1, -0.05) is 13.8 Å². The van der Waals surface area contributed by atoms with Crippen molar-refractivity contribution >= 4 is 0 Å². The van der Waals surface area contributed by atoms with Gasteiger partial charge in [-0.3, -0.25) is 0 Å². The van der Waals surface area contributed by atoms with Gasteiger partial charge in [0.25, 0.3) is 0 Å². The van der Waals surface area contributed by atoms with E-state index in [9.17, 15) is 0 Å². The molecule has 4 bridgehead atoms. The van der Waals surface area contributed by atoms with Crippen molar-refractivity contribution in [2.24, 2.45) is 23.2 Å². The Morgan fingerprint density at radius 3 is 2.75 bits per heavy atom. The van der Waals surface area contributed by atoms with E-state index >= 15 is 0 Å². The SMILES string of the molecule is CCN[C@@H]1[C@H]2C[C@@H]3[C@H]1[C@]3(CC)C2. The van der Waals surface area contributed by atoms with E-state index in [0.29, 0.717) is 0 Å². The monoisotopic (exact) mass is 165 g/mol. The van der Waals surface area contributed by atoms with Gasteiger partial charge in [-0.05, 0) is 49.0 Å². The molecule has 0 aromatic heterocycles. The third-order valence-corrected chi connectivity index (χ3v) is 4.92. The maximum atomic E-state index is 3.69. The van der Waals surface area contributed by atoms with Crippen LogP contribution in [0.1, 0.15) is 33.1 Å². The van der Waals surface area contributed by atoms with Gasteiger partial charge in [-0.25, -0.2) is 0 Å². The van der Waals surface area contributed by atoms with Crippen molar-refractivity contribution in [3.63, 3.8) is 0 Å². The lowest BCUT2D eigenvalue weighted by atomic mass is 10.0. The van der Waals surface area contributed by atoms with Crippen LogP contribution in [0.5, 0.6) is 0 Å². The average Bonchev–Trinajstić information content (AvgIpc) is 2.49. The summed E-state index contributed by atoms with van der Waals surface area (Å²) in [5.74, 6) is 3.28. The number of nitrogens with one attached hydrogen (secondary N) is 1. The van der Waals surface area contributed by atoms with Crippen LogP contribution in [-0.4, -0.2) is 12.6 Å². The van der Waals surface area contributed by atoms with Crippen LogP contribution in [0.25, 0.3) is 0 Å². The molecular formula is C11H19N. The van der Waals surface area contributed by atoms with Crippen molar-refractivity contribution in [3.8, 4) is 0 Å². The highest BCUT2D eigenvalue weighted by Crippen LogP contribution is 2.80. The van der Waals surface area contributed by atoms with Crippen molar-refractivity contribution < 1.29 is 0 Å². The molecule has 0 heterocycles. The minimum absolute atomic E-state index is 0.845. The highest BCUT2D eigenvalue weighted by molar-refractivity contribution is 5.27. The molecule has 4 aliphatic rings. The Balaban J connectivity index is 1.81. The van der Waals surface area contributed by atoms with E-state index in [1.54, 1.807) is 12.8 Å². The molecule has 0 aromatic carbocycles. The summed E-state index contributed by atoms with van der Waals surface area (Å²) in [7, 11) is 0. The Hall–Kier alpha value is -0.0400. The zero-order chi connectivity index (χ0) is 8.34. The molecule has 1 N–H and O–H groups in total. The summed E-state index contributed by atoms with van der Waals surface area (Å²) in [6, 6.07) is 0.917. The van der Waals surface area contributed by atoms with E-state index < -0.39 is 0 Å². The summed E-state index contributed by atoms with van der Waals surface area (Å²) in [5.41, 5.74) is 0.845. The molecule has 12 heavy (non-hydrogen) atoms. The summed E-state index contributed by atoms with van der Waals surface area (Å²) in [6.45, 7) is 5.81. The van der Waals surface area contributed by atoms with E-state index in [4.69, 9.17) is 0 Å². The fourth-order valence-corrected chi connectivity index (χ4v) is 4.52. The highest BCUT2D eigenvalue weighted by Gasteiger charge is 2.77. The molecular weight excluding hydrogens is 146 g/mol. The molecule has 0 amide bonds. The lowest BCUT2D eigenvalue weighted by Crippen LogP contribution is -2.32. The van der Waals surface area contributed by atoms with Crippen LogP contribution in [0.15, 0.2) is 0 Å². The van der Waals surface area contributed by atoms with E-state index in [-0.39, 0.29) is 0 Å². The normalized spacial score (nSPS) is 59.5. The summed E-state index contributed by atoms with van der Waals surface area (Å²) >= 11 is 0. The lowest BCUT2D eigenvalue weighted by Gasteiger charge is -2.14. The molecule has 1 heteroatoms. The number of hydrogen-bond donors (Lipinski definition) is 1. The first-order chi connectivity index (χ1) is 5.83. The van der Waals surface area contributed by atoms with E-state index in [1.807, 2.05) is 0 Å². The smallest absolute Gasteiger partial charge is 0.0132 e. The Labute approximate surface area is 74.9 Å².